The molecule has 0 spiro atoms. The monoisotopic (exact) mass is 442 g/mol. The number of anilines is 1. The van der Waals surface area contributed by atoms with Crippen LogP contribution in [0.15, 0.2) is 59.5 Å². The van der Waals surface area contributed by atoms with Crippen LogP contribution in [0, 0.1) is 5.82 Å². The normalized spacial score (nSPS) is 16.5. The Kier molecular flexibility index (Phi) is 4.95. The average molecular weight is 442 g/mol. The van der Waals surface area contributed by atoms with E-state index < -0.39 is 15.8 Å². The molecule has 2 aliphatic rings. The first-order chi connectivity index (χ1) is 15.0. The SMILES string of the molecule is O=S(=O)(c1ccccc1F)N1CCN(c2ccc(-c3ccc4c(c3)OCO4)nn2)CC1. The molecule has 0 unspecified atom stereocenters. The number of ether oxygens (including phenoxy) is 2. The number of nitrogens with zero attached hydrogens (tertiary/aromatic N) is 4. The molecule has 1 aromatic heterocycles. The fraction of sp³-hybridized carbons (Fsp3) is 0.238. The highest BCUT2D eigenvalue weighted by atomic mass is 32.2. The van der Waals surface area contributed by atoms with E-state index in [9.17, 15) is 12.8 Å². The Hall–Kier alpha value is -3.24. The summed E-state index contributed by atoms with van der Waals surface area (Å²) in [5.41, 5.74) is 1.56. The van der Waals surface area contributed by atoms with Gasteiger partial charge >= 0.3 is 0 Å². The van der Waals surface area contributed by atoms with Crippen molar-refractivity contribution in [2.45, 2.75) is 4.90 Å². The van der Waals surface area contributed by atoms with E-state index in [1.807, 2.05) is 35.2 Å². The molecule has 3 heterocycles. The van der Waals surface area contributed by atoms with Crippen molar-refractivity contribution in [1.29, 1.82) is 0 Å². The number of benzene rings is 2. The average Bonchev–Trinajstić information content (AvgIpc) is 3.27. The van der Waals surface area contributed by atoms with Crippen molar-refractivity contribution in [2.75, 3.05) is 37.9 Å². The number of rotatable bonds is 4. The predicted molar refractivity (Wildman–Crippen MR) is 111 cm³/mol. The Balaban J connectivity index is 1.27. The molecule has 0 bridgehead atoms. The predicted octanol–water partition coefficient (Wildman–Crippen LogP) is 2.52. The largest absolute Gasteiger partial charge is 0.454 e. The third kappa shape index (κ3) is 3.68. The lowest BCUT2D eigenvalue weighted by atomic mass is 10.1. The van der Waals surface area contributed by atoms with E-state index in [1.54, 1.807) is 0 Å². The number of sulfonamides is 1. The van der Waals surface area contributed by atoms with Gasteiger partial charge in [-0.1, -0.05) is 12.1 Å². The minimum Gasteiger partial charge on any atom is -0.454 e. The third-order valence-corrected chi connectivity index (χ3v) is 7.27. The van der Waals surface area contributed by atoms with E-state index in [2.05, 4.69) is 10.2 Å². The van der Waals surface area contributed by atoms with Crippen LogP contribution < -0.4 is 14.4 Å². The van der Waals surface area contributed by atoms with E-state index in [0.29, 0.717) is 36.1 Å². The van der Waals surface area contributed by atoms with Crippen LogP contribution in [0.2, 0.25) is 0 Å². The van der Waals surface area contributed by atoms with Gasteiger partial charge < -0.3 is 14.4 Å². The number of aromatic nitrogens is 2. The van der Waals surface area contributed by atoms with Gasteiger partial charge in [-0.2, -0.15) is 4.31 Å². The third-order valence-electron chi connectivity index (χ3n) is 5.34. The zero-order chi connectivity index (χ0) is 21.4. The zero-order valence-corrected chi connectivity index (χ0v) is 17.3. The van der Waals surface area contributed by atoms with Gasteiger partial charge in [-0.15, -0.1) is 10.2 Å². The second-order valence-electron chi connectivity index (χ2n) is 7.17. The first-order valence-electron chi connectivity index (χ1n) is 9.76. The minimum atomic E-state index is -3.87. The summed E-state index contributed by atoms with van der Waals surface area (Å²) < 4.78 is 51.5. The molecule has 10 heteroatoms. The molecule has 0 amide bonds. The molecule has 8 nitrogen and oxygen atoms in total. The molecule has 1 fully saturated rings. The number of piperazine rings is 1. The Morgan fingerprint density at radius 3 is 2.39 bits per heavy atom. The van der Waals surface area contributed by atoms with Crippen molar-refractivity contribution in [2.24, 2.45) is 0 Å². The maximum absolute atomic E-state index is 14.0. The van der Waals surface area contributed by atoms with E-state index in [4.69, 9.17) is 9.47 Å². The molecule has 31 heavy (non-hydrogen) atoms. The van der Waals surface area contributed by atoms with Crippen LogP contribution in [-0.2, 0) is 10.0 Å². The molecule has 2 aromatic carbocycles. The summed E-state index contributed by atoms with van der Waals surface area (Å²) in [6, 6.07) is 14.7. The molecule has 0 saturated carbocycles. The van der Waals surface area contributed by atoms with Gasteiger partial charge in [0.1, 0.15) is 10.7 Å². The van der Waals surface area contributed by atoms with Crippen molar-refractivity contribution in [1.82, 2.24) is 14.5 Å². The van der Waals surface area contributed by atoms with Crippen molar-refractivity contribution < 1.29 is 22.3 Å². The minimum absolute atomic E-state index is 0.210. The molecule has 0 N–H and O–H groups in total. The summed E-state index contributed by atoms with van der Waals surface area (Å²) in [7, 11) is -3.87. The molecule has 3 aromatic rings. The number of fused-ring (bicyclic) bond motifs is 1. The number of hydrogen-bond donors (Lipinski definition) is 0. The van der Waals surface area contributed by atoms with Crippen LogP contribution in [0.5, 0.6) is 11.5 Å². The molecular formula is C21H19FN4O4S. The number of hydrogen-bond acceptors (Lipinski definition) is 7. The van der Waals surface area contributed by atoms with Crippen molar-refractivity contribution in [3.05, 3.63) is 60.4 Å². The maximum Gasteiger partial charge on any atom is 0.246 e. The highest BCUT2D eigenvalue weighted by Gasteiger charge is 2.30. The molecule has 160 valence electrons. The van der Waals surface area contributed by atoms with Crippen LogP contribution in [0.3, 0.4) is 0 Å². The van der Waals surface area contributed by atoms with Gasteiger partial charge in [-0.3, -0.25) is 0 Å². The highest BCUT2D eigenvalue weighted by Crippen LogP contribution is 2.35. The van der Waals surface area contributed by atoms with Gasteiger partial charge in [0.25, 0.3) is 0 Å². The zero-order valence-electron chi connectivity index (χ0n) is 16.4. The molecule has 5 rings (SSSR count). The van der Waals surface area contributed by atoms with Gasteiger partial charge in [0, 0.05) is 31.7 Å². The standard InChI is InChI=1S/C21H19FN4O4S/c22-16-3-1-2-4-20(16)31(27,28)26-11-9-25(10-12-26)21-8-6-17(23-24-21)15-5-7-18-19(13-15)30-14-29-18/h1-8,13H,9-12,14H2. The Morgan fingerprint density at radius 1 is 0.871 bits per heavy atom. The summed E-state index contributed by atoms with van der Waals surface area (Å²) in [6.45, 7) is 1.56. The Bertz CT molecular complexity index is 1210. The van der Waals surface area contributed by atoms with Crippen LogP contribution >= 0.6 is 0 Å². The van der Waals surface area contributed by atoms with Crippen LogP contribution in [0.1, 0.15) is 0 Å². The molecule has 2 aliphatic heterocycles. The van der Waals surface area contributed by atoms with E-state index in [1.165, 1.54) is 22.5 Å². The highest BCUT2D eigenvalue weighted by molar-refractivity contribution is 7.89. The summed E-state index contributed by atoms with van der Waals surface area (Å²) in [4.78, 5) is 1.67. The van der Waals surface area contributed by atoms with Gasteiger partial charge in [0.05, 0.1) is 5.69 Å². The Morgan fingerprint density at radius 2 is 1.65 bits per heavy atom. The lowest BCUT2D eigenvalue weighted by Gasteiger charge is -2.34. The quantitative estimate of drug-likeness (QED) is 0.614. The summed E-state index contributed by atoms with van der Waals surface area (Å²) in [6.07, 6.45) is 0. The molecule has 0 atom stereocenters. The summed E-state index contributed by atoms with van der Waals surface area (Å²) in [5.74, 6) is 1.30. The van der Waals surface area contributed by atoms with Crippen molar-refractivity contribution in [3.63, 3.8) is 0 Å². The van der Waals surface area contributed by atoms with E-state index in [0.717, 1.165) is 11.6 Å². The smallest absolute Gasteiger partial charge is 0.246 e. The number of halogens is 1. The second kappa shape index (κ2) is 7.78. The molecule has 0 radical (unpaired) electrons. The molecular weight excluding hydrogens is 423 g/mol. The van der Waals surface area contributed by atoms with E-state index in [-0.39, 0.29) is 24.8 Å². The Labute approximate surface area is 178 Å². The fourth-order valence-corrected chi connectivity index (χ4v) is 5.14. The first kappa shape index (κ1) is 19.7. The summed E-state index contributed by atoms with van der Waals surface area (Å²) >= 11 is 0. The van der Waals surface area contributed by atoms with Crippen LogP contribution in [0.4, 0.5) is 10.2 Å². The lowest BCUT2D eigenvalue weighted by Crippen LogP contribution is -2.49. The van der Waals surface area contributed by atoms with Crippen LogP contribution in [0.25, 0.3) is 11.3 Å². The fourth-order valence-electron chi connectivity index (χ4n) is 3.65. The van der Waals surface area contributed by atoms with Crippen molar-refractivity contribution >= 4 is 15.8 Å². The van der Waals surface area contributed by atoms with Gasteiger partial charge in [0.2, 0.25) is 16.8 Å². The van der Waals surface area contributed by atoms with Crippen molar-refractivity contribution in [3.8, 4) is 22.8 Å². The topological polar surface area (TPSA) is 84.9 Å². The van der Waals surface area contributed by atoms with E-state index >= 15 is 0 Å². The lowest BCUT2D eigenvalue weighted by molar-refractivity contribution is 0.174. The van der Waals surface area contributed by atoms with Gasteiger partial charge in [0.15, 0.2) is 17.3 Å². The van der Waals surface area contributed by atoms with Gasteiger partial charge in [-0.05, 0) is 42.5 Å². The molecule has 0 aliphatic carbocycles. The second-order valence-corrected chi connectivity index (χ2v) is 9.07. The van der Waals surface area contributed by atoms with Crippen LogP contribution in [-0.4, -0.2) is 55.9 Å². The summed E-state index contributed by atoms with van der Waals surface area (Å²) in [5, 5.41) is 8.61. The first-order valence-corrected chi connectivity index (χ1v) is 11.2. The van der Waals surface area contributed by atoms with Gasteiger partial charge in [-0.25, -0.2) is 12.8 Å². The molecule has 1 saturated heterocycles. The maximum atomic E-state index is 14.0.